The summed E-state index contributed by atoms with van der Waals surface area (Å²) in [4.78, 5) is 22.4. The van der Waals surface area contributed by atoms with Crippen LogP contribution in [0.4, 0.5) is 0 Å². The average Bonchev–Trinajstić information content (AvgIpc) is 3.04. The van der Waals surface area contributed by atoms with Gasteiger partial charge in [-0.25, -0.2) is 0 Å². The Morgan fingerprint density at radius 2 is 2.06 bits per heavy atom. The van der Waals surface area contributed by atoms with Gasteiger partial charge < -0.3 is 5.11 Å². The summed E-state index contributed by atoms with van der Waals surface area (Å²) in [7, 11) is 0. The van der Waals surface area contributed by atoms with E-state index in [2.05, 4.69) is 6.58 Å². The molecule has 0 aromatic rings. The van der Waals surface area contributed by atoms with Gasteiger partial charge in [-0.2, -0.15) is 0 Å². The van der Waals surface area contributed by atoms with Gasteiger partial charge >= 0.3 is 5.97 Å². The van der Waals surface area contributed by atoms with Crippen molar-refractivity contribution in [3.63, 3.8) is 0 Å². The Labute approximate surface area is 96.5 Å². The highest BCUT2D eigenvalue weighted by Crippen LogP contribution is 2.37. The second-order valence-electron chi connectivity index (χ2n) is 4.60. The molecule has 0 bridgehead atoms. The molecule has 1 aliphatic carbocycles. The normalized spacial score (nSPS) is 16.8. The average molecular weight is 224 g/mol. The van der Waals surface area contributed by atoms with Crippen LogP contribution >= 0.6 is 0 Å². The lowest BCUT2D eigenvalue weighted by Gasteiger charge is -2.13. The minimum Gasteiger partial charge on any atom is -0.481 e. The lowest BCUT2D eigenvalue weighted by atomic mass is 9.90. The van der Waals surface area contributed by atoms with Gasteiger partial charge in [0, 0.05) is 18.8 Å². The summed E-state index contributed by atoms with van der Waals surface area (Å²) in [6.45, 7) is 3.59. The van der Waals surface area contributed by atoms with E-state index in [1.165, 1.54) is 12.8 Å². The van der Waals surface area contributed by atoms with Crippen molar-refractivity contribution in [1.29, 1.82) is 0 Å². The second kappa shape index (κ2) is 6.46. The fourth-order valence-electron chi connectivity index (χ4n) is 1.91. The molecule has 1 saturated carbocycles. The van der Waals surface area contributed by atoms with Gasteiger partial charge in [-0.1, -0.05) is 18.9 Å². The van der Waals surface area contributed by atoms with Crippen LogP contribution < -0.4 is 0 Å². The van der Waals surface area contributed by atoms with Crippen LogP contribution in [-0.4, -0.2) is 16.9 Å². The molecule has 0 radical (unpaired) electrons. The number of carboxylic acid groups (broad SMARTS) is 1. The van der Waals surface area contributed by atoms with E-state index in [0.29, 0.717) is 25.2 Å². The van der Waals surface area contributed by atoms with Gasteiger partial charge in [0.05, 0.1) is 0 Å². The number of carbonyl (C=O) groups is 2. The Bertz CT molecular complexity index is 266. The maximum absolute atomic E-state index is 11.8. The maximum atomic E-state index is 11.8. The molecule has 0 saturated heterocycles. The van der Waals surface area contributed by atoms with Gasteiger partial charge in [0.1, 0.15) is 5.78 Å². The van der Waals surface area contributed by atoms with Crippen LogP contribution in [0.5, 0.6) is 0 Å². The second-order valence-corrected chi connectivity index (χ2v) is 4.60. The summed E-state index contributed by atoms with van der Waals surface area (Å²) in [5.74, 6) is 0.0420. The number of aliphatic carboxylic acids is 1. The van der Waals surface area contributed by atoms with Gasteiger partial charge in [-0.05, 0) is 25.2 Å². The first-order chi connectivity index (χ1) is 7.63. The summed E-state index contributed by atoms with van der Waals surface area (Å²) < 4.78 is 0. The van der Waals surface area contributed by atoms with Crippen molar-refractivity contribution in [1.82, 2.24) is 0 Å². The number of allylic oxidation sites excluding steroid dienone is 1. The highest BCUT2D eigenvalue weighted by atomic mass is 16.4. The minimum atomic E-state index is -0.808. The largest absolute Gasteiger partial charge is 0.481 e. The standard InChI is InChI=1S/C13H20O3/c1-2-3-4-12(14)11(7-8-13(15)16)9-10-5-6-10/h2,10-11H,1,3-9H2,(H,15,16). The fraction of sp³-hybridized carbons (Fsp3) is 0.692. The van der Waals surface area contributed by atoms with E-state index in [9.17, 15) is 9.59 Å². The maximum Gasteiger partial charge on any atom is 0.303 e. The Morgan fingerprint density at radius 1 is 1.38 bits per heavy atom. The highest BCUT2D eigenvalue weighted by Gasteiger charge is 2.28. The third-order valence-electron chi connectivity index (χ3n) is 3.07. The molecule has 3 nitrogen and oxygen atoms in total. The van der Waals surface area contributed by atoms with E-state index in [4.69, 9.17) is 5.11 Å². The molecule has 0 spiro atoms. The molecule has 0 aromatic heterocycles. The van der Waals surface area contributed by atoms with Crippen molar-refractivity contribution in [3.05, 3.63) is 12.7 Å². The van der Waals surface area contributed by atoms with E-state index in [1.807, 2.05) is 0 Å². The topological polar surface area (TPSA) is 54.4 Å². The predicted octanol–water partition coefficient (Wildman–Crippen LogP) is 2.80. The highest BCUT2D eigenvalue weighted by molar-refractivity contribution is 5.81. The van der Waals surface area contributed by atoms with Crippen LogP contribution in [0.15, 0.2) is 12.7 Å². The Balaban J connectivity index is 2.37. The Kier molecular flexibility index (Phi) is 5.23. The van der Waals surface area contributed by atoms with Gasteiger partial charge in [0.25, 0.3) is 0 Å². The van der Waals surface area contributed by atoms with Gasteiger partial charge in [0.2, 0.25) is 0 Å². The molecule has 1 atom stereocenters. The number of Topliss-reactive ketones (excluding diaryl/α,β-unsaturated/α-hetero) is 1. The molecule has 1 N–H and O–H groups in total. The predicted molar refractivity (Wildman–Crippen MR) is 62.1 cm³/mol. The van der Waals surface area contributed by atoms with E-state index >= 15 is 0 Å². The lowest BCUT2D eigenvalue weighted by Crippen LogP contribution is -2.16. The van der Waals surface area contributed by atoms with Crippen LogP contribution in [0.1, 0.15) is 44.9 Å². The summed E-state index contributed by atoms with van der Waals surface area (Å²) in [5, 5.41) is 8.64. The van der Waals surface area contributed by atoms with E-state index in [-0.39, 0.29) is 18.1 Å². The monoisotopic (exact) mass is 224 g/mol. The van der Waals surface area contributed by atoms with E-state index in [1.54, 1.807) is 6.08 Å². The summed E-state index contributed by atoms with van der Waals surface area (Å²) in [5.41, 5.74) is 0. The molecule has 1 fully saturated rings. The first kappa shape index (κ1) is 12.9. The molecule has 0 aliphatic heterocycles. The molecule has 3 heteroatoms. The van der Waals surface area contributed by atoms with Crippen molar-refractivity contribution >= 4 is 11.8 Å². The summed E-state index contributed by atoms with van der Waals surface area (Å²) in [6, 6.07) is 0. The van der Waals surface area contributed by atoms with Crippen molar-refractivity contribution in [3.8, 4) is 0 Å². The molecule has 0 heterocycles. The molecule has 0 amide bonds. The smallest absolute Gasteiger partial charge is 0.303 e. The zero-order valence-electron chi connectivity index (χ0n) is 9.65. The Hall–Kier alpha value is -1.12. The third kappa shape index (κ3) is 5.10. The van der Waals surface area contributed by atoms with E-state index in [0.717, 1.165) is 6.42 Å². The lowest BCUT2D eigenvalue weighted by molar-refractivity contribution is -0.137. The third-order valence-corrected chi connectivity index (χ3v) is 3.07. The molecular formula is C13H20O3. The van der Waals surface area contributed by atoms with Crippen molar-refractivity contribution in [2.24, 2.45) is 11.8 Å². The quantitative estimate of drug-likeness (QED) is 0.613. The zero-order valence-corrected chi connectivity index (χ0v) is 9.65. The SMILES string of the molecule is C=CCCC(=O)C(CCC(=O)O)CC1CC1. The molecule has 1 aliphatic rings. The minimum absolute atomic E-state index is 0.0384. The van der Waals surface area contributed by atoms with Crippen LogP contribution in [-0.2, 0) is 9.59 Å². The first-order valence-corrected chi connectivity index (χ1v) is 5.99. The Morgan fingerprint density at radius 3 is 2.56 bits per heavy atom. The number of ketones is 1. The number of carboxylic acids is 1. The zero-order chi connectivity index (χ0) is 12.0. The molecule has 16 heavy (non-hydrogen) atoms. The molecule has 90 valence electrons. The molecule has 1 unspecified atom stereocenters. The fourth-order valence-corrected chi connectivity index (χ4v) is 1.91. The summed E-state index contributed by atoms with van der Waals surface area (Å²) >= 11 is 0. The first-order valence-electron chi connectivity index (χ1n) is 5.99. The number of rotatable bonds is 9. The molecular weight excluding hydrogens is 204 g/mol. The van der Waals surface area contributed by atoms with Crippen molar-refractivity contribution in [2.45, 2.75) is 44.9 Å². The van der Waals surface area contributed by atoms with Gasteiger partial charge in [-0.3, -0.25) is 9.59 Å². The van der Waals surface area contributed by atoms with Crippen LogP contribution in [0.3, 0.4) is 0 Å². The molecule has 0 aromatic carbocycles. The van der Waals surface area contributed by atoms with Crippen LogP contribution in [0.25, 0.3) is 0 Å². The van der Waals surface area contributed by atoms with Crippen molar-refractivity contribution < 1.29 is 14.7 Å². The van der Waals surface area contributed by atoms with Crippen molar-refractivity contribution in [2.75, 3.05) is 0 Å². The van der Waals surface area contributed by atoms with Crippen LogP contribution in [0, 0.1) is 11.8 Å². The van der Waals surface area contributed by atoms with Crippen LogP contribution in [0.2, 0.25) is 0 Å². The van der Waals surface area contributed by atoms with Gasteiger partial charge in [0.15, 0.2) is 0 Å². The summed E-state index contributed by atoms with van der Waals surface area (Å²) in [6.07, 6.45) is 6.87. The van der Waals surface area contributed by atoms with Gasteiger partial charge in [-0.15, -0.1) is 6.58 Å². The van der Waals surface area contributed by atoms with E-state index < -0.39 is 5.97 Å². The molecule has 1 rings (SSSR count). The number of hydrogen-bond acceptors (Lipinski definition) is 2. The number of hydrogen-bond donors (Lipinski definition) is 1. The number of carbonyl (C=O) groups excluding carboxylic acids is 1.